The Morgan fingerprint density at radius 3 is 2.45 bits per heavy atom. The van der Waals surface area contributed by atoms with Gasteiger partial charge in [0.2, 0.25) is 0 Å². The zero-order valence-corrected chi connectivity index (χ0v) is 6.24. The molecule has 0 saturated heterocycles. The first-order valence-corrected chi connectivity index (χ1v) is 2.92. The van der Waals surface area contributed by atoms with Gasteiger partial charge in [-0.15, -0.1) is 4.85 Å². The molecule has 0 aliphatic carbocycles. The summed E-state index contributed by atoms with van der Waals surface area (Å²) in [4.78, 5) is 15.8. The molecule has 0 aliphatic rings. The molecule has 0 aliphatic heterocycles. The Hall–Kier alpha value is -1.66. The molecule has 0 aromatic heterocycles. The summed E-state index contributed by atoms with van der Waals surface area (Å²) in [6, 6.07) is 0. The fourth-order valence-electron chi connectivity index (χ4n) is 0.376. The lowest BCUT2D eigenvalue weighted by Crippen LogP contribution is -2.19. The van der Waals surface area contributed by atoms with Gasteiger partial charge in [0, 0.05) is 0 Å². The number of hydrogen-bond acceptors (Lipinski definition) is 2. The van der Waals surface area contributed by atoms with E-state index in [0.717, 1.165) is 0 Å². The second-order valence-corrected chi connectivity index (χ2v) is 1.99. The highest BCUT2D eigenvalue weighted by Crippen LogP contribution is 1.90. The van der Waals surface area contributed by atoms with Gasteiger partial charge in [0.05, 0.1) is 6.10 Å². The third-order valence-electron chi connectivity index (χ3n) is 0.726. The van der Waals surface area contributed by atoms with Crippen molar-refractivity contribution in [3.8, 4) is 0 Å². The third kappa shape index (κ3) is 3.14. The van der Waals surface area contributed by atoms with E-state index in [9.17, 15) is 4.79 Å². The van der Waals surface area contributed by atoms with E-state index < -0.39 is 11.8 Å². The van der Waals surface area contributed by atoms with Gasteiger partial charge in [-0.3, -0.25) is 4.79 Å². The van der Waals surface area contributed by atoms with Gasteiger partial charge in [0.1, 0.15) is 6.57 Å². The molecule has 0 aromatic carbocycles. The van der Waals surface area contributed by atoms with Crippen LogP contribution in [0.4, 0.5) is 0 Å². The van der Waals surface area contributed by atoms with E-state index in [2.05, 4.69) is 14.4 Å². The lowest BCUT2D eigenvalue weighted by Gasteiger charge is -2.01. The maximum absolute atomic E-state index is 10.7. The molecule has 0 aromatic rings. The first kappa shape index (κ1) is 9.34. The van der Waals surface area contributed by atoms with Crippen molar-refractivity contribution in [1.29, 1.82) is 0 Å². The van der Waals surface area contributed by atoms with Gasteiger partial charge >= 0.3 is 11.8 Å². The summed E-state index contributed by atoms with van der Waals surface area (Å²) < 4.78 is 4.55. The van der Waals surface area contributed by atoms with Gasteiger partial charge in [-0.2, -0.15) is 4.79 Å². The highest BCUT2D eigenvalue weighted by atomic mass is 16.5. The van der Waals surface area contributed by atoms with E-state index in [0.29, 0.717) is 0 Å². The molecular formula is C6H7N3O2. The zero-order valence-electron chi connectivity index (χ0n) is 6.24. The standard InChI is InChI=1S/C6H7N3O2/c1-4(2)11-6(10)5(8-3)9-7/h4H,1-2H3. The van der Waals surface area contributed by atoms with Crippen LogP contribution in [0.25, 0.3) is 10.4 Å². The summed E-state index contributed by atoms with van der Waals surface area (Å²) in [5.74, 6) is -1.56. The second-order valence-electron chi connectivity index (χ2n) is 1.99. The van der Waals surface area contributed by atoms with Crippen molar-refractivity contribution < 1.29 is 14.3 Å². The van der Waals surface area contributed by atoms with Crippen LogP contribution in [-0.2, 0) is 9.53 Å². The average molecular weight is 153 g/mol. The molecule has 58 valence electrons. The third-order valence-corrected chi connectivity index (χ3v) is 0.726. The van der Waals surface area contributed by atoms with Crippen LogP contribution in [0.5, 0.6) is 0 Å². The van der Waals surface area contributed by atoms with Crippen LogP contribution in [0, 0.1) is 6.57 Å². The van der Waals surface area contributed by atoms with Crippen molar-refractivity contribution in [3.63, 3.8) is 0 Å². The Bertz CT molecular complexity index is 245. The first-order valence-electron chi connectivity index (χ1n) is 2.92. The van der Waals surface area contributed by atoms with Crippen LogP contribution in [0.15, 0.2) is 0 Å². The number of nitrogens with zero attached hydrogens (tertiary/aromatic N) is 3. The summed E-state index contributed by atoms with van der Waals surface area (Å²) in [5, 5.41) is 0. The number of amidine groups is 1. The van der Waals surface area contributed by atoms with Crippen LogP contribution in [0.1, 0.15) is 13.8 Å². The van der Waals surface area contributed by atoms with Gasteiger partial charge in [0.25, 0.3) is 0 Å². The van der Waals surface area contributed by atoms with Crippen molar-refractivity contribution in [2.24, 2.45) is 0 Å². The number of rotatable bonds is 1. The maximum Gasteiger partial charge on any atom is 0.605 e. The Morgan fingerprint density at radius 1 is 1.64 bits per heavy atom. The van der Waals surface area contributed by atoms with Crippen LogP contribution >= 0.6 is 0 Å². The average Bonchev–Trinajstić information content (AvgIpc) is 1.88. The Morgan fingerprint density at radius 2 is 2.18 bits per heavy atom. The molecule has 0 fully saturated rings. The summed E-state index contributed by atoms with van der Waals surface area (Å²) in [7, 11) is 0. The SMILES string of the molecule is [C-]#[N+]C(=[N+]=[N-])C(=O)OC(C)C. The van der Waals surface area contributed by atoms with E-state index >= 15 is 0 Å². The molecule has 5 nitrogen and oxygen atoms in total. The number of carbonyl (C=O) groups excluding carboxylic acids is 1. The molecule has 0 radical (unpaired) electrons. The van der Waals surface area contributed by atoms with Crippen molar-refractivity contribution in [1.82, 2.24) is 0 Å². The fourth-order valence-corrected chi connectivity index (χ4v) is 0.376. The molecule has 0 bridgehead atoms. The molecule has 0 spiro atoms. The van der Waals surface area contributed by atoms with Gasteiger partial charge in [-0.25, -0.2) is 0 Å². The number of esters is 1. The molecule has 0 N–H and O–H groups in total. The molecular weight excluding hydrogens is 146 g/mol. The predicted octanol–water partition coefficient (Wildman–Crippen LogP) is 0.486. The molecule has 0 atom stereocenters. The number of hydrogen-bond donors (Lipinski definition) is 0. The van der Waals surface area contributed by atoms with Crippen LogP contribution in [0.3, 0.4) is 0 Å². The fraction of sp³-hybridized carbons (Fsp3) is 0.500. The minimum atomic E-state index is -0.905. The minimum Gasteiger partial charge on any atom is -0.462 e. The largest absolute Gasteiger partial charge is 0.605 e. The summed E-state index contributed by atoms with van der Waals surface area (Å²) in [6.45, 7) is 9.64. The monoisotopic (exact) mass is 153 g/mol. The molecule has 0 rings (SSSR count). The second kappa shape index (κ2) is 4.20. The van der Waals surface area contributed by atoms with E-state index in [1.54, 1.807) is 13.8 Å². The van der Waals surface area contributed by atoms with Crippen LogP contribution in [0.2, 0.25) is 0 Å². The molecule has 0 unspecified atom stereocenters. The topological polar surface area (TPSA) is 67.1 Å². The molecule has 0 amide bonds. The summed E-state index contributed by atoms with van der Waals surface area (Å²) in [6.07, 6.45) is -0.319. The quantitative estimate of drug-likeness (QED) is 0.137. The van der Waals surface area contributed by atoms with Crippen molar-refractivity contribution >= 4 is 11.8 Å². The Kier molecular flexibility index (Phi) is 3.57. The molecule has 11 heavy (non-hydrogen) atoms. The highest BCUT2D eigenvalue weighted by molar-refractivity contribution is 6.37. The minimum absolute atomic E-state index is 0.319. The van der Waals surface area contributed by atoms with E-state index in [4.69, 9.17) is 12.1 Å². The van der Waals surface area contributed by atoms with Gasteiger partial charge in [0.15, 0.2) is 0 Å². The van der Waals surface area contributed by atoms with Gasteiger partial charge in [-0.1, -0.05) is 0 Å². The predicted molar refractivity (Wildman–Crippen MR) is 36.5 cm³/mol. The van der Waals surface area contributed by atoms with Gasteiger partial charge in [-0.05, 0) is 13.8 Å². The summed E-state index contributed by atoms with van der Waals surface area (Å²) in [5.41, 5.74) is 8.08. The van der Waals surface area contributed by atoms with Crippen LogP contribution < -0.4 is 0 Å². The molecule has 0 saturated carbocycles. The van der Waals surface area contributed by atoms with Crippen molar-refractivity contribution in [2.75, 3.05) is 0 Å². The van der Waals surface area contributed by atoms with E-state index in [-0.39, 0.29) is 6.10 Å². The normalized spacial score (nSPS) is 8.18. The lowest BCUT2D eigenvalue weighted by atomic mass is 10.5. The lowest BCUT2D eigenvalue weighted by molar-refractivity contribution is -0.143. The van der Waals surface area contributed by atoms with Crippen molar-refractivity contribution in [2.45, 2.75) is 20.0 Å². The van der Waals surface area contributed by atoms with Crippen molar-refractivity contribution in [3.05, 3.63) is 16.9 Å². The molecule has 5 heteroatoms. The van der Waals surface area contributed by atoms with Crippen LogP contribution in [-0.4, -0.2) is 22.7 Å². The maximum atomic E-state index is 10.7. The Balaban J connectivity index is 4.28. The Labute approximate surface area is 64.0 Å². The van der Waals surface area contributed by atoms with E-state index in [1.807, 2.05) is 0 Å². The number of carbonyl (C=O) groups is 1. The smallest absolute Gasteiger partial charge is 0.462 e. The van der Waals surface area contributed by atoms with Gasteiger partial charge < -0.3 is 10.3 Å². The molecule has 0 heterocycles. The highest BCUT2D eigenvalue weighted by Gasteiger charge is 2.23. The zero-order chi connectivity index (χ0) is 8.85. The summed E-state index contributed by atoms with van der Waals surface area (Å²) >= 11 is 0. The first-order chi connectivity index (χ1) is 5.11. The number of ether oxygens (including phenoxy) is 1. The van der Waals surface area contributed by atoms with E-state index in [1.165, 1.54) is 0 Å².